The molecule has 0 saturated carbocycles. The monoisotopic (exact) mass is 370 g/mol. The van der Waals surface area contributed by atoms with Crippen LogP contribution in [0.1, 0.15) is 28.8 Å². The number of methoxy groups -OCH3 is 1. The Hall–Kier alpha value is -2.67. The van der Waals surface area contributed by atoms with Gasteiger partial charge in [0.2, 0.25) is 5.91 Å². The highest BCUT2D eigenvalue weighted by Gasteiger charge is 2.29. The Bertz CT molecular complexity index is 785. The molecular weight excluding hydrogens is 344 g/mol. The highest BCUT2D eigenvalue weighted by atomic mass is 16.5. The lowest BCUT2D eigenvalue weighted by molar-refractivity contribution is -0.121. The smallest absolute Gasteiger partial charge is 0.253 e. The molecule has 1 aliphatic heterocycles. The predicted octanol–water partition coefficient (Wildman–Crippen LogP) is 2.33. The molecule has 1 saturated heterocycles. The minimum atomic E-state index is -0.213. The first-order valence-electron chi connectivity index (χ1n) is 9.25. The molecule has 1 fully saturated rings. The minimum Gasteiger partial charge on any atom is -0.383 e. The fourth-order valence-electron chi connectivity index (χ4n) is 3.23. The van der Waals surface area contributed by atoms with Gasteiger partial charge in [0, 0.05) is 32.0 Å². The maximum atomic E-state index is 12.7. The normalized spacial score (nSPS) is 17.0. The Morgan fingerprint density at radius 3 is 2.81 bits per heavy atom. The summed E-state index contributed by atoms with van der Waals surface area (Å²) >= 11 is 0. The first-order chi connectivity index (χ1) is 13.1. The second-order valence-corrected chi connectivity index (χ2v) is 6.93. The summed E-state index contributed by atoms with van der Waals surface area (Å²) in [4.78, 5) is 27.1. The molecule has 1 unspecified atom stereocenters. The van der Waals surface area contributed by atoms with Crippen molar-refractivity contribution in [2.24, 2.45) is 5.92 Å². The molecule has 1 atom stereocenters. The summed E-state index contributed by atoms with van der Waals surface area (Å²) in [6.07, 6.45) is 5.02. The van der Waals surface area contributed by atoms with Crippen LogP contribution in [0.2, 0.25) is 0 Å². The summed E-state index contributed by atoms with van der Waals surface area (Å²) in [7, 11) is 1.64. The number of nitrogens with one attached hydrogen (secondary N) is 1. The molecular formula is C20H26N4O3. The molecule has 2 aromatic rings. The first kappa shape index (κ1) is 19.1. The summed E-state index contributed by atoms with van der Waals surface area (Å²) in [6.45, 7) is 4.32. The topological polar surface area (TPSA) is 76.5 Å². The van der Waals surface area contributed by atoms with Crippen molar-refractivity contribution in [3.05, 3.63) is 47.8 Å². The quantitative estimate of drug-likeness (QED) is 0.847. The standard InChI is InChI=1S/C20H26N4O3/c1-15-5-7-16(8-6-15)20(26)23-9-3-4-17(13-23)19(25)22-18-12-21-24(14-18)10-11-27-2/h5-8,12,14,17H,3-4,9-11,13H2,1-2H3,(H,22,25). The molecule has 144 valence electrons. The summed E-state index contributed by atoms with van der Waals surface area (Å²) in [6, 6.07) is 7.55. The van der Waals surface area contributed by atoms with E-state index in [2.05, 4.69) is 10.4 Å². The highest BCUT2D eigenvalue weighted by Crippen LogP contribution is 2.20. The van der Waals surface area contributed by atoms with Crippen molar-refractivity contribution >= 4 is 17.5 Å². The van der Waals surface area contributed by atoms with E-state index >= 15 is 0 Å². The Labute approximate surface area is 159 Å². The van der Waals surface area contributed by atoms with Gasteiger partial charge in [0.1, 0.15) is 0 Å². The van der Waals surface area contributed by atoms with Crippen LogP contribution < -0.4 is 5.32 Å². The van der Waals surface area contributed by atoms with Gasteiger partial charge in [0.25, 0.3) is 5.91 Å². The van der Waals surface area contributed by atoms with Crippen LogP contribution in [0, 0.1) is 12.8 Å². The lowest BCUT2D eigenvalue weighted by atomic mass is 9.96. The van der Waals surface area contributed by atoms with Crippen LogP contribution in [0.15, 0.2) is 36.7 Å². The Morgan fingerprint density at radius 1 is 1.30 bits per heavy atom. The van der Waals surface area contributed by atoms with E-state index in [4.69, 9.17) is 4.74 Å². The number of rotatable bonds is 6. The summed E-state index contributed by atoms with van der Waals surface area (Å²) < 4.78 is 6.75. The fraction of sp³-hybridized carbons (Fsp3) is 0.450. The molecule has 0 spiro atoms. The lowest BCUT2D eigenvalue weighted by Gasteiger charge is -2.32. The third-order valence-corrected chi connectivity index (χ3v) is 4.80. The van der Waals surface area contributed by atoms with Crippen molar-refractivity contribution in [3.63, 3.8) is 0 Å². The van der Waals surface area contributed by atoms with Crippen LogP contribution in [0.4, 0.5) is 5.69 Å². The van der Waals surface area contributed by atoms with Crippen molar-refractivity contribution < 1.29 is 14.3 Å². The van der Waals surface area contributed by atoms with Gasteiger partial charge in [-0.25, -0.2) is 0 Å². The largest absolute Gasteiger partial charge is 0.383 e. The van der Waals surface area contributed by atoms with E-state index in [1.807, 2.05) is 31.2 Å². The molecule has 0 bridgehead atoms. The minimum absolute atomic E-state index is 0.0140. The van der Waals surface area contributed by atoms with Crippen LogP contribution in [-0.2, 0) is 16.1 Å². The molecule has 1 aliphatic rings. The molecule has 1 aromatic carbocycles. The van der Waals surface area contributed by atoms with Crippen molar-refractivity contribution in [1.29, 1.82) is 0 Å². The van der Waals surface area contributed by atoms with Crippen LogP contribution in [-0.4, -0.2) is 53.3 Å². The number of anilines is 1. The fourth-order valence-corrected chi connectivity index (χ4v) is 3.23. The van der Waals surface area contributed by atoms with E-state index < -0.39 is 0 Å². The van der Waals surface area contributed by atoms with Gasteiger partial charge in [-0.15, -0.1) is 0 Å². The van der Waals surface area contributed by atoms with E-state index in [0.717, 1.165) is 18.4 Å². The van der Waals surface area contributed by atoms with Crippen LogP contribution in [0.25, 0.3) is 0 Å². The number of carbonyl (C=O) groups excluding carboxylic acids is 2. The molecule has 0 aliphatic carbocycles. The Morgan fingerprint density at radius 2 is 2.07 bits per heavy atom. The zero-order chi connectivity index (χ0) is 19.2. The maximum Gasteiger partial charge on any atom is 0.253 e. The molecule has 1 N–H and O–H groups in total. The first-order valence-corrected chi connectivity index (χ1v) is 9.25. The van der Waals surface area contributed by atoms with Gasteiger partial charge < -0.3 is 15.0 Å². The maximum absolute atomic E-state index is 12.7. The van der Waals surface area contributed by atoms with Gasteiger partial charge in [-0.05, 0) is 31.9 Å². The molecule has 7 nitrogen and oxygen atoms in total. The third-order valence-electron chi connectivity index (χ3n) is 4.80. The van der Waals surface area contributed by atoms with Crippen molar-refractivity contribution in [1.82, 2.24) is 14.7 Å². The number of aromatic nitrogens is 2. The molecule has 2 heterocycles. The van der Waals surface area contributed by atoms with Crippen LogP contribution >= 0.6 is 0 Å². The van der Waals surface area contributed by atoms with Gasteiger partial charge in [0.15, 0.2) is 0 Å². The number of hydrogen-bond acceptors (Lipinski definition) is 4. The van der Waals surface area contributed by atoms with Gasteiger partial charge in [0.05, 0.1) is 31.0 Å². The number of carbonyl (C=O) groups is 2. The van der Waals surface area contributed by atoms with Crippen molar-refractivity contribution in [2.45, 2.75) is 26.3 Å². The highest BCUT2D eigenvalue weighted by molar-refractivity contribution is 5.96. The van der Waals surface area contributed by atoms with Crippen molar-refractivity contribution in [2.75, 3.05) is 32.1 Å². The molecule has 1 aromatic heterocycles. The second-order valence-electron chi connectivity index (χ2n) is 6.93. The second kappa shape index (κ2) is 8.81. The number of likely N-dealkylation sites (tertiary alicyclic amines) is 1. The number of aryl methyl sites for hydroxylation is 1. The average Bonchev–Trinajstić information content (AvgIpc) is 3.13. The molecule has 7 heteroatoms. The number of piperidine rings is 1. The Balaban J connectivity index is 1.58. The number of amides is 2. The summed E-state index contributed by atoms with van der Waals surface area (Å²) in [5.41, 5.74) is 2.45. The average molecular weight is 370 g/mol. The molecule has 2 amide bonds. The van der Waals surface area contributed by atoms with E-state index in [-0.39, 0.29) is 17.7 Å². The van der Waals surface area contributed by atoms with Gasteiger partial charge in [-0.3, -0.25) is 14.3 Å². The predicted molar refractivity (Wildman–Crippen MR) is 103 cm³/mol. The molecule has 0 radical (unpaired) electrons. The summed E-state index contributed by atoms with van der Waals surface area (Å²) in [5.74, 6) is -0.293. The van der Waals surface area contributed by atoms with Gasteiger partial charge >= 0.3 is 0 Å². The van der Waals surface area contributed by atoms with Crippen LogP contribution in [0.5, 0.6) is 0 Å². The Kier molecular flexibility index (Phi) is 6.24. The van der Waals surface area contributed by atoms with E-state index in [1.54, 1.807) is 29.1 Å². The number of nitrogens with zero attached hydrogens (tertiary/aromatic N) is 3. The van der Waals surface area contributed by atoms with Gasteiger partial charge in [-0.1, -0.05) is 17.7 Å². The summed E-state index contributed by atoms with van der Waals surface area (Å²) in [5, 5.41) is 7.11. The van der Waals surface area contributed by atoms with E-state index in [9.17, 15) is 9.59 Å². The zero-order valence-electron chi connectivity index (χ0n) is 15.9. The van der Waals surface area contributed by atoms with E-state index in [0.29, 0.717) is 37.5 Å². The SMILES string of the molecule is COCCn1cc(NC(=O)C2CCCN(C(=O)c3ccc(C)cc3)C2)cn1. The number of hydrogen-bond donors (Lipinski definition) is 1. The third kappa shape index (κ3) is 4.95. The number of ether oxygens (including phenoxy) is 1. The zero-order valence-corrected chi connectivity index (χ0v) is 15.9. The van der Waals surface area contributed by atoms with Crippen molar-refractivity contribution in [3.8, 4) is 0 Å². The molecule has 27 heavy (non-hydrogen) atoms. The van der Waals surface area contributed by atoms with Gasteiger partial charge in [-0.2, -0.15) is 5.10 Å². The van der Waals surface area contributed by atoms with Crippen LogP contribution in [0.3, 0.4) is 0 Å². The number of benzene rings is 1. The lowest BCUT2D eigenvalue weighted by Crippen LogP contribution is -2.43. The molecule has 3 rings (SSSR count). The van der Waals surface area contributed by atoms with E-state index in [1.165, 1.54) is 0 Å².